The van der Waals surface area contributed by atoms with E-state index >= 15 is 0 Å². The number of rotatable bonds is 4. The van der Waals surface area contributed by atoms with Gasteiger partial charge in [-0.1, -0.05) is 33.0 Å². The highest BCUT2D eigenvalue weighted by molar-refractivity contribution is 9.10. The normalized spacial score (nSPS) is 12.2. The first-order valence-corrected chi connectivity index (χ1v) is 8.45. The van der Waals surface area contributed by atoms with Gasteiger partial charge in [0.2, 0.25) is 10.0 Å². The quantitative estimate of drug-likeness (QED) is 0.805. The number of hydrogen-bond acceptors (Lipinski definition) is 3. The van der Waals surface area contributed by atoms with E-state index in [4.69, 9.17) is 18.0 Å². The SMILES string of the molecule is CC(C)(C)CS(=O)(=O)Nc1ccc(C(N)=S)cc1Br. The van der Waals surface area contributed by atoms with Crippen LogP contribution in [0.5, 0.6) is 0 Å². The number of thiocarbonyl (C=S) groups is 1. The average molecular weight is 365 g/mol. The lowest BCUT2D eigenvalue weighted by Gasteiger charge is -2.19. The topological polar surface area (TPSA) is 72.2 Å². The van der Waals surface area contributed by atoms with Crippen LogP contribution in [0.3, 0.4) is 0 Å². The lowest BCUT2D eigenvalue weighted by molar-refractivity contribution is 0.463. The predicted octanol–water partition coefficient (Wildman–Crippen LogP) is 2.87. The van der Waals surface area contributed by atoms with E-state index < -0.39 is 10.0 Å². The van der Waals surface area contributed by atoms with Gasteiger partial charge in [0.05, 0.1) is 11.4 Å². The molecule has 106 valence electrons. The standard InChI is InChI=1S/C12H17BrN2O2S2/c1-12(2,3)7-19(16,17)15-10-5-4-8(11(14)18)6-9(10)13/h4-6,15H,7H2,1-3H3,(H2,14,18). The molecule has 1 rings (SSSR count). The van der Waals surface area contributed by atoms with Gasteiger partial charge in [0, 0.05) is 10.0 Å². The van der Waals surface area contributed by atoms with Crippen molar-refractivity contribution in [3.63, 3.8) is 0 Å². The Balaban J connectivity index is 2.98. The van der Waals surface area contributed by atoms with Crippen LogP contribution in [-0.4, -0.2) is 19.2 Å². The highest BCUT2D eigenvalue weighted by Gasteiger charge is 2.22. The molecule has 0 aliphatic carbocycles. The van der Waals surface area contributed by atoms with Gasteiger partial charge in [0.1, 0.15) is 4.99 Å². The first kappa shape index (κ1) is 16.4. The van der Waals surface area contributed by atoms with Gasteiger partial charge < -0.3 is 5.73 Å². The summed E-state index contributed by atoms with van der Waals surface area (Å²) in [4.78, 5) is 0.268. The fraction of sp³-hybridized carbons (Fsp3) is 0.417. The zero-order valence-electron chi connectivity index (χ0n) is 11.0. The van der Waals surface area contributed by atoms with Crippen LogP contribution in [0, 0.1) is 5.41 Å². The summed E-state index contributed by atoms with van der Waals surface area (Å²) in [5.41, 5.74) is 6.36. The van der Waals surface area contributed by atoms with Gasteiger partial charge in [-0.3, -0.25) is 4.72 Å². The molecule has 0 spiro atoms. The molecule has 19 heavy (non-hydrogen) atoms. The molecular weight excluding hydrogens is 348 g/mol. The highest BCUT2D eigenvalue weighted by atomic mass is 79.9. The monoisotopic (exact) mass is 364 g/mol. The van der Waals surface area contributed by atoms with E-state index in [1.54, 1.807) is 18.2 Å². The molecule has 0 bridgehead atoms. The van der Waals surface area contributed by atoms with Gasteiger partial charge >= 0.3 is 0 Å². The molecule has 1 aromatic carbocycles. The van der Waals surface area contributed by atoms with Crippen molar-refractivity contribution in [1.82, 2.24) is 0 Å². The molecular formula is C12H17BrN2O2S2. The zero-order chi connectivity index (χ0) is 14.8. The van der Waals surface area contributed by atoms with Crippen molar-refractivity contribution in [1.29, 1.82) is 0 Å². The minimum Gasteiger partial charge on any atom is -0.389 e. The Morgan fingerprint density at radius 1 is 1.42 bits per heavy atom. The maximum absolute atomic E-state index is 12.0. The first-order valence-electron chi connectivity index (χ1n) is 5.60. The van der Waals surface area contributed by atoms with Crippen LogP contribution in [0.4, 0.5) is 5.69 Å². The van der Waals surface area contributed by atoms with Crippen LogP contribution in [0.1, 0.15) is 26.3 Å². The largest absolute Gasteiger partial charge is 0.389 e. The van der Waals surface area contributed by atoms with Crippen molar-refractivity contribution in [2.45, 2.75) is 20.8 Å². The molecule has 0 aliphatic heterocycles. The number of nitrogens with one attached hydrogen (secondary N) is 1. The zero-order valence-corrected chi connectivity index (χ0v) is 14.2. The van der Waals surface area contributed by atoms with Crippen molar-refractivity contribution in [2.24, 2.45) is 11.1 Å². The number of anilines is 1. The molecule has 0 heterocycles. The maximum atomic E-state index is 12.0. The van der Waals surface area contributed by atoms with Gasteiger partial charge in [-0.05, 0) is 39.5 Å². The summed E-state index contributed by atoms with van der Waals surface area (Å²) in [5.74, 6) is 0.0451. The van der Waals surface area contributed by atoms with Gasteiger partial charge in [-0.2, -0.15) is 0 Å². The Labute approximate surface area is 127 Å². The fourth-order valence-electron chi connectivity index (χ4n) is 1.52. The van der Waals surface area contributed by atoms with Crippen LogP contribution < -0.4 is 10.5 Å². The van der Waals surface area contributed by atoms with Gasteiger partial charge in [0.15, 0.2) is 0 Å². The van der Waals surface area contributed by atoms with Crippen molar-refractivity contribution < 1.29 is 8.42 Å². The van der Waals surface area contributed by atoms with E-state index in [1.807, 2.05) is 20.8 Å². The second-order valence-electron chi connectivity index (χ2n) is 5.48. The van der Waals surface area contributed by atoms with Gasteiger partial charge in [-0.25, -0.2) is 8.42 Å². The Hall–Kier alpha value is -0.660. The third-order valence-electron chi connectivity index (χ3n) is 2.14. The average Bonchev–Trinajstić information content (AvgIpc) is 2.16. The Morgan fingerprint density at radius 2 is 2.00 bits per heavy atom. The van der Waals surface area contributed by atoms with E-state index in [1.165, 1.54) is 0 Å². The minimum absolute atomic E-state index is 0.0451. The number of halogens is 1. The molecule has 3 N–H and O–H groups in total. The highest BCUT2D eigenvalue weighted by Crippen LogP contribution is 2.26. The molecule has 0 fully saturated rings. The maximum Gasteiger partial charge on any atom is 0.233 e. The molecule has 0 radical (unpaired) electrons. The molecule has 7 heteroatoms. The summed E-state index contributed by atoms with van der Waals surface area (Å²) in [6.07, 6.45) is 0. The minimum atomic E-state index is -3.39. The number of nitrogens with two attached hydrogens (primary N) is 1. The first-order chi connectivity index (χ1) is 8.50. The van der Waals surface area contributed by atoms with Crippen LogP contribution in [0.15, 0.2) is 22.7 Å². The van der Waals surface area contributed by atoms with E-state index in [-0.39, 0.29) is 16.2 Å². The third-order valence-corrected chi connectivity index (χ3v) is 4.81. The van der Waals surface area contributed by atoms with Crippen LogP contribution in [-0.2, 0) is 10.0 Å². The van der Waals surface area contributed by atoms with Gasteiger partial charge in [0.25, 0.3) is 0 Å². The smallest absolute Gasteiger partial charge is 0.233 e. The summed E-state index contributed by atoms with van der Waals surface area (Å²) in [6.45, 7) is 5.62. The van der Waals surface area contributed by atoms with Crippen molar-refractivity contribution in [3.05, 3.63) is 28.2 Å². The van der Waals surface area contributed by atoms with E-state index in [0.717, 1.165) is 0 Å². The van der Waals surface area contributed by atoms with Crippen LogP contribution >= 0.6 is 28.1 Å². The molecule has 0 saturated heterocycles. The van der Waals surface area contributed by atoms with Gasteiger partial charge in [-0.15, -0.1) is 0 Å². The summed E-state index contributed by atoms with van der Waals surface area (Å²) >= 11 is 8.17. The molecule has 0 aromatic heterocycles. The summed E-state index contributed by atoms with van der Waals surface area (Å²) < 4.78 is 27.2. The number of benzene rings is 1. The third kappa shape index (κ3) is 5.46. The van der Waals surface area contributed by atoms with Crippen molar-refractivity contribution >= 4 is 48.8 Å². The second kappa shape index (κ2) is 5.76. The van der Waals surface area contributed by atoms with E-state index in [2.05, 4.69) is 20.7 Å². The Morgan fingerprint density at radius 3 is 2.42 bits per heavy atom. The van der Waals surface area contributed by atoms with E-state index in [9.17, 15) is 8.42 Å². The summed E-state index contributed by atoms with van der Waals surface area (Å²) in [5, 5.41) is 0. The molecule has 0 atom stereocenters. The van der Waals surface area contributed by atoms with E-state index in [0.29, 0.717) is 15.7 Å². The van der Waals surface area contributed by atoms with Crippen molar-refractivity contribution in [3.8, 4) is 0 Å². The summed E-state index contributed by atoms with van der Waals surface area (Å²) in [7, 11) is -3.39. The predicted molar refractivity (Wildman–Crippen MR) is 86.9 cm³/mol. The molecule has 0 saturated carbocycles. The Kier molecular flexibility index (Phi) is 4.97. The molecule has 0 aliphatic rings. The van der Waals surface area contributed by atoms with Crippen molar-refractivity contribution in [2.75, 3.05) is 10.5 Å². The van der Waals surface area contributed by atoms with Crippen LogP contribution in [0.2, 0.25) is 0 Å². The van der Waals surface area contributed by atoms with Crippen LogP contribution in [0.25, 0.3) is 0 Å². The fourth-order valence-corrected chi connectivity index (χ4v) is 3.99. The second-order valence-corrected chi connectivity index (χ2v) is 8.50. The summed E-state index contributed by atoms with van der Waals surface area (Å²) in [6, 6.07) is 5.01. The molecule has 1 aromatic rings. The molecule has 4 nitrogen and oxygen atoms in total. The Bertz CT molecular complexity index is 592. The molecule has 0 unspecified atom stereocenters. The molecule has 0 amide bonds. The lowest BCUT2D eigenvalue weighted by atomic mass is 10.0. The number of hydrogen-bond donors (Lipinski definition) is 2. The number of sulfonamides is 1. The lowest BCUT2D eigenvalue weighted by Crippen LogP contribution is -2.26.